The molecule has 0 unspecified atom stereocenters. The zero-order valence-electron chi connectivity index (χ0n) is 3.50. The van der Waals surface area contributed by atoms with Gasteiger partial charge < -0.3 is 0 Å². The molecule has 0 saturated heterocycles. The molecule has 0 N–H and O–H groups in total. The van der Waals surface area contributed by atoms with Gasteiger partial charge in [-0.3, -0.25) is 0 Å². The molecule has 0 aliphatic heterocycles. The summed E-state index contributed by atoms with van der Waals surface area (Å²) in [6.07, 6.45) is 0. The summed E-state index contributed by atoms with van der Waals surface area (Å²) in [6.45, 7) is 0. The molecular formula is H9BrSi4. The van der Waals surface area contributed by atoms with E-state index < -0.39 is 0 Å². The third kappa shape index (κ3) is 5.35. The van der Waals surface area contributed by atoms with E-state index in [4.69, 9.17) is 0 Å². The molecule has 0 aromatic rings. The minimum atomic E-state index is 0.462. The Hall–Kier alpha value is 1.35. The molecule has 0 heterocycles. The largest absolute Gasteiger partial charge is 0.140 e. The average molecular weight is 201 g/mol. The highest BCUT2D eigenvalue weighted by atomic mass is 79.9. The van der Waals surface area contributed by atoms with Gasteiger partial charge in [0.25, 0.3) is 0 Å². The fourth-order valence-electron chi connectivity index (χ4n) is 0.134. The summed E-state index contributed by atoms with van der Waals surface area (Å²) in [4.78, 5) is 0. The van der Waals surface area contributed by atoms with E-state index in [0.717, 1.165) is 0 Å². The Morgan fingerprint density at radius 1 is 1.60 bits per heavy atom. The van der Waals surface area contributed by atoms with Crippen LogP contribution >= 0.6 is 15.3 Å². The number of halogens is 1. The van der Waals surface area contributed by atoms with Crippen molar-refractivity contribution in [2.24, 2.45) is 0 Å². The monoisotopic (exact) mass is 200 g/mol. The molecule has 0 atom stereocenters. The van der Waals surface area contributed by atoms with Crippen molar-refractivity contribution in [3.05, 3.63) is 0 Å². The first kappa shape index (κ1) is 6.35. The van der Waals surface area contributed by atoms with Gasteiger partial charge in [-0.2, -0.15) is 0 Å². The maximum Gasteiger partial charge on any atom is 0.0811 e. The predicted molar refractivity (Wildman–Crippen MR) is 44.5 cm³/mol. The standard InChI is InChI=1S/BrH9Si4/c1-3-5-4-2/h3-5H2,2H3. The van der Waals surface area contributed by atoms with E-state index in [-0.39, 0.29) is 0 Å². The Morgan fingerprint density at radius 2 is 2.20 bits per heavy atom. The molecule has 0 spiro atoms. The molecule has 5 heteroatoms. The molecule has 0 amide bonds. The lowest BCUT2D eigenvalue weighted by Crippen LogP contribution is -2.06. The van der Waals surface area contributed by atoms with Gasteiger partial charge in [0.05, 0.1) is 7.66 Å². The van der Waals surface area contributed by atoms with Crippen LogP contribution in [0.15, 0.2) is 0 Å². The van der Waals surface area contributed by atoms with Crippen LogP contribution < -0.4 is 0 Å². The Balaban J connectivity index is 2.19. The molecule has 0 aromatic carbocycles. The van der Waals surface area contributed by atoms with E-state index in [1.807, 2.05) is 0 Å². The Bertz CT molecular complexity index is 11.1. The van der Waals surface area contributed by atoms with Crippen LogP contribution in [-0.2, 0) is 0 Å². The molecule has 0 rings (SSSR count). The van der Waals surface area contributed by atoms with Crippen LogP contribution in [0.1, 0.15) is 0 Å². The smallest absolute Gasteiger partial charge is 0.0811 e. The Morgan fingerprint density at radius 3 is 2.20 bits per heavy atom. The maximum absolute atomic E-state index is 3.57. The van der Waals surface area contributed by atoms with Crippen molar-refractivity contribution in [1.82, 2.24) is 0 Å². The number of hydrogen-bond donors (Lipinski definition) is 0. The third-order valence-electron chi connectivity index (χ3n) is 0.487. The van der Waals surface area contributed by atoms with Crippen LogP contribution in [0.2, 0.25) is 0 Å². The average Bonchev–Trinajstić information content (AvgIpc) is 1.41. The van der Waals surface area contributed by atoms with Crippen molar-refractivity contribution in [2.75, 3.05) is 0 Å². The summed E-state index contributed by atoms with van der Waals surface area (Å²) in [5, 5.41) is 0. The van der Waals surface area contributed by atoms with Crippen molar-refractivity contribution in [3.63, 3.8) is 0 Å². The summed E-state index contributed by atoms with van der Waals surface area (Å²) in [5.74, 6) is 0. The zero-order valence-corrected chi connectivity index (χ0v) is 11.3. The lowest BCUT2D eigenvalue weighted by atomic mass is 26.5. The van der Waals surface area contributed by atoms with Gasteiger partial charge in [0.1, 0.15) is 0 Å². The van der Waals surface area contributed by atoms with Crippen molar-refractivity contribution >= 4 is 49.8 Å². The van der Waals surface area contributed by atoms with Crippen LogP contribution in [-0.4, -0.2) is 34.5 Å². The summed E-state index contributed by atoms with van der Waals surface area (Å²) >= 11 is 3.57. The highest BCUT2D eigenvalue weighted by molar-refractivity contribution is 9.24. The van der Waals surface area contributed by atoms with Crippen LogP contribution in [0.3, 0.4) is 0 Å². The van der Waals surface area contributed by atoms with E-state index >= 15 is 0 Å². The maximum atomic E-state index is 3.57. The van der Waals surface area contributed by atoms with E-state index in [1.54, 1.807) is 9.76 Å². The highest BCUT2D eigenvalue weighted by Crippen LogP contribution is 1.63. The van der Waals surface area contributed by atoms with Gasteiger partial charge >= 0.3 is 0 Å². The van der Waals surface area contributed by atoms with Crippen molar-refractivity contribution in [3.8, 4) is 0 Å². The first-order valence-electron chi connectivity index (χ1n) is 1.97. The summed E-state index contributed by atoms with van der Waals surface area (Å²) in [7, 11) is 3.46. The van der Waals surface area contributed by atoms with Gasteiger partial charge in [0.2, 0.25) is 0 Å². The molecular weight excluding hydrogens is 192 g/mol. The number of rotatable bonds is 2. The van der Waals surface area contributed by atoms with Gasteiger partial charge in [-0.05, 0) is 18.3 Å². The van der Waals surface area contributed by atoms with Crippen molar-refractivity contribution < 1.29 is 0 Å². The minimum Gasteiger partial charge on any atom is -0.140 e. The molecule has 0 fully saturated rings. The Kier molecular flexibility index (Phi) is 6.79. The summed E-state index contributed by atoms with van der Waals surface area (Å²) < 4.78 is 0. The van der Waals surface area contributed by atoms with Crippen LogP contribution in [0.5, 0.6) is 0 Å². The molecule has 0 aromatic heterocycles. The van der Waals surface area contributed by atoms with Gasteiger partial charge in [-0.15, -0.1) is 15.3 Å². The van der Waals surface area contributed by atoms with E-state index in [9.17, 15) is 0 Å². The predicted octanol–water partition coefficient (Wildman–Crippen LogP) is -3.09. The fourth-order valence-corrected chi connectivity index (χ4v) is 56.2. The first-order chi connectivity index (χ1) is 2.41. The van der Waals surface area contributed by atoms with Gasteiger partial charge in [0, 0.05) is 8.55 Å². The fraction of sp³-hybridized carbons (Fsp3) is 0. The lowest BCUT2D eigenvalue weighted by molar-refractivity contribution is 4.10. The van der Waals surface area contributed by atoms with Crippen molar-refractivity contribution in [1.29, 1.82) is 0 Å². The SMILES string of the molecule is [SiH3][SiH2][SiH2][SiH2]Br. The second-order valence-electron chi connectivity index (χ2n) is 1.04. The Labute approximate surface area is 50.0 Å². The minimum absolute atomic E-state index is 0.462. The quantitative estimate of drug-likeness (QED) is 0.328. The second-order valence-corrected chi connectivity index (χ2v) is 31.9. The highest BCUT2D eigenvalue weighted by Gasteiger charge is 1.74. The van der Waals surface area contributed by atoms with Gasteiger partial charge in [-0.25, -0.2) is 0 Å². The topological polar surface area (TPSA) is 0 Å². The molecule has 32 valence electrons. The van der Waals surface area contributed by atoms with Gasteiger partial charge in [-0.1, -0.05) is 0 Å². The number of hydrogen-bond acceptors (Lipinski definition) is 0. The van der Waals surface area contributed by atoms with E-state index in [2.05, 4.69) is 15.3 Å². The summed E-state index contributed by atoms with van der Waals surface area (Å²) in [6, 6.07) is 0. The summed E-state index contributed by atoms with van der Waals surface area (Å²) in [5.41, 5.74) is 0. The van der Waals surface area contributed by atoms with E-state index in [0.29, 0.717) is 24.8 Å². The first-order valence-corrected chi connectivity index (χ1v) is 19.5. The molecule has 0 nitrogen and oxygen atoms in total. The lowest BCUT2D eigenvalue weighted by Gasteiger charge is -1.72. The zero-order chi connectivity index (χ0) is 4.12. The molecule has 0 bridgehead atoms. The van der Waals surface area contributed by atoms with Crippen LogP contribution in [0.25, 0.3) is 0 Å². The van der Waals surface area contributed by atoms with Crippen LogP contribution in [0.4, 0.5) is 0 Å². The van der Waals surface area contributed by atoms with Gasteiger partial charge in [0.15, 0.2) is 0 Å². The molecule has 0 saturated carbocycles. The van der Waals surface area contributed by atoms with E-state index in [1.165, 1.54) is 0 Å². The second kappa shape index (κ2) is 5.35. The molecule has 0 aliphatic rings. The third-order valence-corrected chi connectivity index (χ3v) is 47.4. The molecule has 0 aliphatic carbocycles. The molecule has 5 heavy (non-hydrogen) atoms. The normalized spacial score (nSPS) is 16.2. The van der Waals surface area contributed by atoms with Crippen molar-refractivity contribution in [2.45, 2.75) is 0 Å². The molecule has 0 radical (unpaired) electrons. The van der Waals surface area contributed by atoms with Crippen LogP contribution in [0, 0.1) is 0 Å².